The van der Waals surface area contributed by atoms with Crippen LogP contribution in [-0.4, -0.2) is 18.3 Å². The Morgan fingerprint density at radius 3 is 2.25 bits per heavy atom. The standard InChI is InChI=1S/C14H19BrF3NO/c1-3-13(4-2,9-20)8-19-12-7-10(15)5-6-11(12)14(16,17)18/h5-7,19-20H,3-4,8-9H2,1-2H3. The van der Waals surface area contributed by atoms with Crippen molar-refractivity contribution in [1.82, 2.24) is 0 Å². The Balaban J connectivity index is 3.00. The van der Waals surface area contributed by atoms with Crippen LogP contribution in [-0.2, 0) is 6.18 Å². The summed E-state index contributed by atoms with van der Waals surface area (Å²) < 4.78 is 39.4. The Morgan fingerprint density at radius 1 is 1.20 bits per heavy atom. The van der Waals surface area contributed by atoms with Gasteiger partial charge in [0.2, 0.25) is 0 Å². The van der Waals surface area contributed by atoms with Crippen molar-refractivity contribution in [2.45, 2.75) is 32.9 Å². The Hall–Kier alpha value is -0.750. The topological polar surface area (TPSA) is 32.3 Å². The highest BCUT2D eigenvalue weighted by Gasteiger charge is 2.34. The first-order valence-electron chi connectivity index (χ1n) is 6.49. The minimum Gasteiger partial charge on any atom is -0.396 e. The van der Waals surface area contributed by atoms with Crippen LogP contribution in [0.25, 0.3) is 0 Å². The van der Waals surface area contributed by atoms with E-state index >= 15 is 0 Å². The maximum atomic E-state index is 12.9. The van der Waals surface area contributed by atoms with Gasteiger partial charge in [-0.1, -0.05) is 29.8 Å². The van der Waals surface area contributed by atoms with Crippen molar-refractivity contribution in [1.29, 1.82) is 0 Å². The van der Waals surface area contributed by atoms with Crippen molar-refractivity contribution < 1.29 is 18.3 Å². The minimum atomic E-state index is -4.40. The summed E-state index contributed by atoms with van der Waals surface area (Å²) in [4.78, 5) is 0. The molecule has 0 bridgehead atoms. The average molecular weight is 354 g/mol. The van der Waals surface area contributed by atoms with E-state index in [0.717, 1.165) is 6.07 Å². The van der Waals surface area contributed by atoms with Crippen LogP contribution < -0.4 is 5.32 Å². The van der Waals surface area contributed by atoms with Crippen molar-refractivity contribution in [2.75, 3.05) is 18.5 Å². The summed E-state index contributed by atoms with van der Waals surface area (Å²) in [7, 11) is 0. The zero-order valence-electron chi connectivity index (χ0n) is 11.5. The van der Waals surface area contributed by atoms with E-state index in [1.165, 1.54) is 12.1 Å². The fraction of sp³-hybridized carbons (Fsp3) is 0.571. The summed E-state index contributed by atoms with van der Waals surface area (Å²) in [5.74, 6) is 0. The van der Waals surface area contributed by atoms with Gasteiger partial charge in [-0.05, 0) is 31.0 Å². The van der Waals surface area contributed by atoms with Crippen LogP contribution in [0.3, 0.4) is 0 Å². The van der Waals surface area contributed by atoms with E-state index in [-0.39, 0.29) is 12.3 Å². The lowest BCUT2D eigenvalue weighted by Gasteiger charge is -2.30. The molecule has 1 aromatic rings. The first kappa shape index (κ1) is 17.3. The zero-order valence-corrected chi connectivity index (χ0v) is 13.1. The molecule has 0 saturated heterocycles. The number of aliphatic hydroxyl groups excluding tert-OH is 1. The van der Waals surface area contributed by atoms with Gasteiger partial charge in [0.1, 0.15) is 0 Å². The largest absolute Gasteiger partial charge is 0.418 e. The number of hydrogen-bond donors (Lipinski definition) is 2. The molecule has 2 nitrogen and oxygen atoms in total. The first-order chi connectivity index (χ1) is 9.28. The summed E-state index contributed by atoms with van der Waals surface area (Å²) in [6, 6.07) is 3.83. The Kier molecular flexibility index (Phi) is 5.89. The van der Waals surface area contributed by atoms with Gasteiger partial charge in [-0.3, -0.25) is 0 Å². The van der Waals surface area contributed by atoms with Crippen molar-refractivity contribution in [3.05, 3.63) is 28.2 Å². The molecule has 0 aliphatic carbocycles. The molecule has 2 N–H and O–H groups in total. The van der Waals surface area contributed by atoms with Crippen molar-refractivity contribution in [3.63, 3.8) is 0 Å². The molecule has 0 aliphatic rings. The van der Waals surface area contributed by atoms with Gasteiger partial charge in [0.05, 0.1) is 12.2 Å². The highest BCUT2D eigenvalue weighted by molar-refractivity contribution is 9.10. The second-order valence-corrected chi connectivity index (χ2v) is 5.82. The normalized spacial score (nSPS) is 12.6. The van der Waals surface area contributed by atoms with E-state index in [2.05, 4.69) is 21.2 Å². The number of anilines is 1. The lowest BCUT2D eigenvalue weighted by Crippen LogP contribution is -2.32. The summed E-state index contributed by atoms with van der Waals surface area (Å²) in [6.45, 7) is 4.10. The fourth-order valence-electron chi connectivity index (χ4n) is 1.97. The third-order valence-corrected chi connectivity index (χ3v) is 4.27. The predicted molar refractivity (Wildman–Crippen MR) is 77.7 cm³/mol. The van der Waals surface area contributed by atoms with Crippen LogP contribution in [0.5, 0.6) is 0 Å². The summed E-state index contributed by atoms with van der Waals surface area (Å²) in [5.41, 5.74) is -1.06. The van der Waals surface area contributed by atoms with Gasteiger partial charge >= 0.3 is 6.18 Å². The molecule has 0 amide bonds. The monoisotopic (exact) mass is 353 g/mol. The number of nitrogens with one attached hydrogen (secondary N) is 1. The molecule has 114 valence electrons. The molecule has 0 unspecified atom stereocenters. The molecule has 0 radical (unpaired) electrons. The van der Waals surface area contributed by atoms with Crippen LogP contribution in [0.1, 0.15) is 32.3 Å². The molecule has 20 heavy (non-hydrogen) atoms. The number of benzene rings is 1. The van der Waals surface area contributed by atoms with Crippen LogP contribution in [0.15, 0.2) is 22.7 Å². The van der Waals surface area contributed by atoms with Crippen molar-refractivity contribution in [3.8, 4) is 0 Å². The lowest BCUT2D eigenvalue weighted by molar-refractivity contribution is -0.137. The van der Waals surface area contributed by atoms with Gasteiger partial charge in [0, 0.05) is 22.1 Å². The quantitative estimate of drug-likeness (QED) is 0.778. The molecule has 0 heterocycles. The van der Waals surface area contributed by atoms with E-state index in [1.54, 1.807) is 0 Å². The Morgan fingerprint density at radius 2 is 1.80 bits per heavy atom. The second kappa shape index (κ2) is 6.80. The number of hydrogen-bond acceptors (Lipinski definition) is 2. The maximum Gasteiger partial charge on any atom is 0.418 e. The van der Waals surface area contributed by atoms with Gasteiger partial charge in [0.15, 0.2) is 0 Å². The fourth-order valence-corrected chi connectivity index (χ4v) is 2.33. The molecule has 1 aromatic carbocycles. The summed E-state index contributed by atoms with van der Waals surface area (Å²) >= 11 is 3.18. The Bertz CT molecular complexity index is 436. The second-order valence-electron chi connectivity index (χ2n) is 4.91. The number of aliphatic hydroxyl groups is 1. The van der Waals surface area contributed by atoms with Crippen molar-refractivity contribution >= 4 is 21.6 Å². The zero-order chi connectivity index (χ0) is 15.4. The van der Waals surface area contributed by atoms with E-state index in [1.807, 2.05) is 13.8 Å². The van der Waals surface area contributed by atoms with E-state index in [4.69, 9.17) is 0 Å². The molecular formula is C14H19BrF3NO. The lowest BCUT2D eigenvalue weighted by atomic mass is 9.83. The van der Waals surface area contributed by atoms with Crippen LogP contribution in [0.2, 0.25) is 0 Å². The van der Waals surface area contributed by atoms with Gasteiger partial charge in [-0.2, -0.15) is 13.2 Å². The van der Waals surface area contributed by atoms with E-state index in [9.17, 15) is 18.3 Å². The molecular weight excluding hydrogens is 335 g/mol. The average Bonchev–Trinajstić information content (AvgIpc) is 2.39. The maximum absolute atomic E-state index is 12.9. The third-order valence-electron chi connectivity index (χ3n) is 3.78. The van der Waals surface area contributed by atoms with Gasteiger partial charge in [-0.15, -0.1) is 0 Å². The smallest absolute Gasteiger partial charge is 0.396 e. The van der Waals surface area contributed by atoms with Crippen LogP contribution >= 0.6 is 15.9 Å². The molecule has 0 fully saturated rings. The van der Waals surface area contributed by atoms with Gasteiger partial charge < -0.3 is 10.4 Å². The number of alkyl halides is 3. The predicted octanol–water partition coefficient (Wildman–Crippen LogP) is 4.68. The summed E-state index contributed by atoms with van der Waals surface area (Å²) in [5, 5.41) is 12.3. The molecule has 0 saturated carbocycles. The summed E-state index contributed by atoms with van der Waals surface area (Å²) in [6.07, 6.45) is -3.01. The molecule has 6 heteroatoms. The highest BCUT2D eigenvalue weighted by Crippen LogP contribution is 2.37. The minimum absolute atomic E-state index is 0.0339. The molecule has 0 aliphatic heterocycles. The van der Waals surface area contributed by atoms with E-state index < -0.39 is 17.2 Å². The van der Waals surface area contributed by atoms with Gasteiger partial charge in [-0.25, -0.2) is 0 Å². The number of rotatable bonds is 6. The van der Waals surface area contributed by atoms with Crippen molar-refractivity contribution in [2.24, 2.45) is 5.41 Å². The first-order valence-corrected chi connectivity index (χ1v) is 7.29. The Labute approximate surface area is 125 Å². The molecule has 0 aromatic heterocycles. The highest BCUT2D eigenvalue weighted by atomic mass is 79.9. The van der Waals surface area contributed by atoms with Crippen LogP contribution in [0.4, 0.5) is 18.9 Å². The van der Waals surface area contributed by atoms with E-state index in [0.29, 0.717) is 23.9 Å². The van der Waals surface area contributed by atoms with Gasteiger partial charge in [0.25, 0.3) is 0 Å². The number of halogens is 4. The van der Waals surface area contributed by atoms with Crippen LogP contribution in [0, 0.1) is 5.41 Å². The third kappa shape index (κ3) is 4.12. The molecule has 0 atom stereocenters. The molecule has 1 rings (SSSR count). The SMILES string of the molecule is CCC(CC)(CO)CNc1cc(Br)ccc1C(F)(F)F. The molecule has 0 spiro atoms.